The quantitative estimate of drug-likeness (QED) is 0.631. The van der Waals surface area contributed by atoms with Crippen molar-refractivity contribution in [1.82, 2.24) is 4.98 Å². The van der Waals surface area contributed by atoms with Crippen molar-refractivity contribution in [3.63, 3.8) is 0 Å². The number of thiazole rings is 1. The summed E-state index contributed by atoms with van der Waals surface area (Å²) in [5, 5.41) is 14.2. The maximum atomic E-state index is 12.5. The van der Waals surface area contributed by atoms with Gasteiger partial charge in [0.2, 0.25) is 0 Å². The number of hydrogen-bond acceptors (Lipinski definition) is 7. The zero-order chi connectivity index (χ0) is 20.8. The van der Waals surface area contributed by atoms with Crippen LogP contribution in [0.1, 0.15) is 12.5 Å². The third-order valence-corrected chi connectivity index (χ3v) is 4.85. The van der Waals surface area contributed by atoms with Crippen molar-refractivity contribution < 1.29 is 19.0 Å². The second-order valence-corrected chi connectivity index (χ2v) is 6.82. The van der Waals surface area contributed by atoms with Gasteiger partial charge in [-0.25, -0.2) is 4.98 Å². The van der Waals surface area contributed by atoms with Gasteiger partial charge in [0.1, 0.15) is 11.8 Å². The number of ether oxygens (including phenoxy) is 3. The van der Waals surface area contributed by atoms with Crippen LogP contribution in [0.15, 0.2) is 47.8 Å². The summed E-state index contributed by atoms with van der Waals surface area (Å²) in [6, 6.07) is 14.3. The molecule has 0 aliphatic heterocycles. The van der Waals surface area contributed by atoms with Crippen molar-refractivity contribution in [1.29, 1.82) is 5.26 Å². The first-order valence-corrected chi connectivity index (χ1v) is 9.58. The van der Waals surface area contributed by atoms with Crippen LogP contribution < -0.4 is 19.5 Å². The number of hydrogen-bond donors (Lipinski definition) is 1. The highest BCUT2D eigenvalue weighted by atomic mass is 32.1. The maximum Gasteiger partial charge on any atom is 0.266 e. The van der Waals surface area contributed by atoms with Gasteiger partial charge in [-0.1, -0.05) is 12.1 Å². The van der Waals surface area contributed by atoms with Crippen LogP contribution in [0.5, 0.6) is 17.2 Å². The molecule has 1 atom stereocenters. The Balaban J connectivity index is 1.69. The number of rotatable bonds is 7. The van der Waals surface area contributed by atoms with E-state index in [1.165, 1.54) is 11.3 Å². The van der Waals surface area contributed by atoms with Crippen LogP contribution >= 0.6 is 11.3 Å². The van der Waals surface area contributed by atoms with E-state index in [-0.39, 0.29) is 5.91 Å². The van der Waals surface area contributed by atoms with Gasteiger partial charge in [0, 0.05) is 10.9 Å². The van der Waals surface area contributed by atoms with Gasteiger partial charge in [0.05, 0.1) is 25.5 Å². The average molecular weight is 409 g/mol. The number of benzene rings is 2. The van der Waals surface area contributed by atoms with E-state index in [1.54, 1.807) is 51.5 Å². The molecule has 2 aromatic carbocycles. The molecule has 1 aromatic heterocycles. The number of nitriles is 1. The third-order valence-electron chi connectivity index (χ3n) is 4.09. The Bertz CT molecular complexity index is 1060. The molecule has 1 amide bonds. The first kappa shape index (κ1) is 20.2. The Morgan fingerprint density at radius 1 is 1.14 bits per heavy atom. The van der Waals surface area contributed by atoms with Crippen molar-refractivity contribution >= 4 is 22.4 Å². The zero-order valence-corrected chi connectivity index (χ0v) is 16.9. The number of carbonyl (C=O) groups excluding carboxylic acids is 1. The van der Waals surface area contributed by atoms with Crippen molar-refractivity contribution in [3.05, 3.63) is 53.4 Å². The molecule has 1 heterocycles. The topological polar surface area (TPSA) is 93.5 Å². The molecule has 0 bridgehead atoms. The molecule has 0 saturated carbocycles. The van der Waals surface area contributed by atoms with Gasteiger partial charge in [-0.3, -0.25) is 10.1 Å². The van der Waals surface area contributed by atoms with Crippen LogP contribution in [0.3, 0.4) is 0 Å². The van der Waals surface area contributed by atoms with E-state index in [9.17, 15) is 4.79 Å². The zero-order valence-electron chi connectivity index (χ0n) is 16.1. The van der Waals surface area contributed by atoms with Gasteiger partial charge >= 0.3 is 0 Å². The molecule has 0 spiro atoms. The Morgan fingerprint density at radius 2 is 1.90 bits per heavy atom. The van der Waals surface area contributed by atoms with Crippen molar-refractivity contribution in [3.8, 4) is 34.6 Å². The smallest absolute Gasteiger partial charge is 0.266 e. The molecule has 3 rings (SSSR count). The summed E-state index contributed by atoms with van der Waals surface area (Å²) in [6.07, 6.45) is -0.794. The molecule has 148 valence electrons. The van der Waals surface area contributed by atoms with Gasteiger partial charge in [0.15, 0.2) is 22.7 Å². The highest BCUT2D eigenvalue weighted by Crippen LogP contribution is 2.33. The standard InChI is InChI=1S/C21H19N3O4S/c1-13(28-17-7-5-4-6-15(17)11-22)20(25)24-21-23-16(12-29-21)14-8-9-18(26-2)19(10-14)27-3/h4-10,12-13H,1-3H3,(H,23,24,25). The van der Waals surface area contributed by atoms with E-state index >= 15 is 0 Å². The fraction of sp³-hybridized carbons (Fsp3) is 0.190. The van der Waals surface area contributed by atoms with Crippen molar-refractivity contribution in [2.24, 2.45) is 0 Å². The maximum absolute atomic E-state index is 12.5. The second-order valence-electron chi connectivity index (χ2n) is 5.96. The van der Waals surface area contributed by atoms with Gasteiger partial charge in [-0.2, -0.15) is 5.26 Å². The predicted molar refractivity (Wildman–Crippen MR) is 111 cm³/mol. The van der Waals surface area contributed by atoms with Crippen LogP contribution in [0.25, 0.3) is 11.3 Å². The summed E-state index contributed by atoms with van der Waals surface area (Å²) in [5.41, 5.74) is 1.92. The molecular formula is C21H19N3O4S. The van der Waals surface area contributed by atoms with Gasteiger partial charge in [-0.05, 0) is 37.3 Å². The molecule has 0 aliphatic rings. The molecule has 29 heavy (non-hydrogen) atoms. The van der Waals surface area contributed by atoms with Gasteiger partial charge in [0.25, 0.3) is 5.91 Å². The molecule has 1 N–H and O–H groups in total. The lowest BCUT2D eigenvalue weighted by molar-refractivity contribution is -0.122. The molecule has 1 unspecified atom stereocenters. The highest BCUT2D eigenvalue weighted by molar-refractivity contribution is 7.14. The van der Waals surface area contributed by atoms with Crippen LogP contribution in [-0.4, -0.2) is 31.2 Å². The van der Waals surface area contributed by atoms with Crippen LogP contribution in [0.4, 0.5) is 5.13 Å². The number of nitrogens with zero attached hydrogens (tertiary/aromatic N) is 2. The number of nitrogens with one attached hydrogen (secondary N) is 1. The Morgan fingerprint density at radius 3 is 2.62 bits per heavy atom. The average Bonchev–Trinajstić information content (AvgIpc) is 3.21. The third kappa shape index (κ3) is 4.65. The molecule has 3 aromatic rings. The lowest BCUT2D eigenvalue weighted by atomic mass is 10.1. The molecular weight excluding hydrogens is 390 g/mol. The second kappa shape index (κ2) is 9.08. The fourth-order valence-corrected chi connectivity index (χ4v) is 3.29. The van der Waals surface area contributed by atoms with Crippen molar-refractivity contribution in [2.45, 2.75) is 13.0 Å². The number of methoxy groups -OCH3 is 2. The van der Waals surface area contributed by atoms with Crippen LogP contribution in [-0.2, 0) is 4.79 Å². The minimum atomic E-state index is -0.794. The lowest BCUT2D eigenvalue weighted by Crippen LogP contribution is -2.30. The monoisotopic (exact) mass is 409 g/mol. The first-order valence-electron chi connectivity index (χ1n) is 8.70. The number of aromatic nitrogens is 1. The van der Waals surface area contributed by atoms with Crippen LogP contribution in [0, 0.1) is 11.3 Å². The Hall–Kier alpha value is -3.57. The molecule has 8 heteroatoms. The largest absolute Gasteiger partial charge is 0.493 e. The summed E-state index contributed by atoms with van der Waals surface area (Å²) in [6.45, 7) is 1.62. The summed E-state index contributed by atoms with van der Waals surface area (Å²) in [4.78, 5) is 16.9. The summed E-state index contributed by atoms with van der Waals surface area (Å²) >= 11 is 1.30. The van der Waals surface area contributed by atoms with Crippen molar-refractivity contribution in [2.75, 3.05) is 19.5 Å². The highest BCUT2D eigenvalue weighted by Gasteiger charge is 2.18. The van der Waals surface area contributed by atoms with Crippen LogP contribution in [0.2, 0.25) is 0 Å². The van der Waals surface area contributed by atoms with Gasteiger partial charge in [-0.15, -0.1) is 11.3 Å². The molecule has 7 nitrogen and oxygen atoms in total. The van der Waals surface area contributed by atoms with E-state index in [1.807, 2.05) is 23.6 Å². The normalized spacial score (nSPS) is 11.2. The predicted octanol–water partition coefficient (Wildman–Crippen LogP) is 4.10. The van der Waals surface area contributed by atoms with Gasteiger partial charge < -0.3 is 14.2 Å². The molecule has 0 aliphatic carbocycles. The summed E-state index contributed by atoms with van der Waals surface area (Å²) in [7, 11) is 3.15. The summed E-state index contributed by atoms with van der Waals surface area (Å²) < 4.78 is 16.2. The molecule has 0 saturated heterocycles. The number of para-hydroxylation sites is 1. The Labute approximate surface area is 172 Å². The minimum absolute atomic E-state index is 0.356. The first-order chi connectivity index (χ1) is 14.0. The van der Waals surface area contributed by atoms with E-state index in [0.29, 0.717) is 33.6 Å². The lowest BCUT2D eigenvalue weighted by Gasteiger charge is -2.14. The Kier molecular flexibility index (Phi) is 6.32. The SMILES string of the molecule is COc1ccc(-c2csc(NC(=O)C(C)Oc3ccccc3C#N)n2)cc1OC. The van der Waals surface area contributed by atoms with E-state index in [4.69, 9.17) is 19.5 Å². The minimum Gasteiger partial charge on any atom is -0.493 e. The summed E-state index contributed by atoms with van der Waals surface area (Å²) in [5.74, 6) is 1.24. The number of carbonyl (C=O) groups is 1. The van der Waals surface area contributed by atoms with E-state index < -0.39 is 6.10 Å². The van der Waals surface area contributed by atoms with E-state index in [2.05, 4.69) is 10.3 Å². The number of amides is 1. The molecule has 0 fully saturated rings. The number of anilines is 1. The van der Waals surface area contributed by atoms with E-state index in [0.717, 1.165) is 5.56 Å². The fourth-order valence-electron chi connectivity index (χ4n) is 2.57. The molecule has 0 radical (unpaired) electrons.